The summed E-state index contributed by atoms with van der Waals surface area (Å²) in [5, 5.41) is 5.29. The van der Waals surface area contributed by atoms with Gasteiger partial charge in [0.15, 0.2) is 0 Å². The summed E-state index contributed by atoms with van der Waals surface area (Å²) in [6.45, 7) is 3.78. The van der Waals surface area contributed by atoms with Gasteiger partial charge in [-0.2, -0.15) is 0 Å². The zero-order valence-electron chi connectivity index (χ0n) is 12.4. The van der Waals surface area contributed by atoms with Crippen molar-refractivity contribution in [2.45, 2.75) is 20.3 Å². The molecule has 0 radical (unpaired) electrons. The largest absolute Gasteiger partial charge is 0.326 e. The number of para-hydroxylation sites is 1. The number of carbonyl (C=O) groups excluding carboxylic acids is 2. The van der Waals surface area contributed by atoms with Crippen LogP contribution in [0.2, 0.25) is 0 Å². The van der Waals surface area contributed by atoms with Crippen molar-refractivity contribution in [2.75, 3.05) is 10.6 Å². The van der Waals surface area contributed by atoms with Crippen molar-refractivity contribution >= 4 is 23.2 Å². The van der Waals surface area contributed by atoms with Gasteiger partial charge in [-0.1, -0.05) is 18.2 Å². The first-order valence-corrected chi connectivity index (χ1v) is 6.87. The lowest BCUT2D eigenvalue weighted by Gasteiger charge is -2.11. The topological polar surface area (TPSA) is 58.2 Å². The Balaban J connectivity index is 1.94. The third-order valence-electron chi connectivity index (χ3n) is 3.19. The Hall–Kier alpha value is -2.69. The van der Waals surface area contributed by atoms with E-state index in [1.807, 2.05) is 32.0 Å². The molecule has 0 spiro atoms. The number of nitrogens with one attached hydrogen (secondary N) is 2. The zero-order valence-corrected chi connectivity index (χ0v) is 12.4. The van der Waals surface area contributed by atoms with Gasteiger partial charge in [0.1, 0.15) is 12.2 Å². The van der Waals surface area contributed by atoms with Crippen LogP contribution in [0.4, 0.5) is 15.8 Å². The summed E-state index contributed by atoms with van der Waals surface area (Å²) in [6, 6.07) is 11.1. The molecule has 114 valence electrons. The summed E-state index contributed by atoms with van der Waals surface area (Å²) in [5.74, 6) is -1.22. The first-order chi connectivity index (χ1) is 10.5. The SMILES string of the molecule is Cc1cccc(C)c1NC(=O)CC(=O)Nc1ccc(F)cc1. The molecule has 0 unspecified atom stereocenters. The van der Waals surface area contributed by atoms with Crippen LogP contribution in [-0.2, 0) is 9.59 Å². The smallest absolute Gasteiger partial charge is 0.233 e. The molecule has 2 aromatic rings. The molecule has 0 aromatic heterocycles. The summed E-state index contributed by atoms with van der Waals surface area (Å²) in [5.41, 5.74) is 3.05. The minimum absolute atomic E-state index is 0.300. The molecule has 22 heavy (non-hydrogen) atoms. The predicted molar refractivity (Wildman–Crippen MR) is 84.2 cm³/mol. The molecule has 0 aliphatic heterocycles. The minimum Gasteiger partial charge on any atom is -0.326 e. The van der Waals surface area contributed by atoms with E-state index in [0.29, 0.717) is 5.69 Å². The van der Waals surface area contributed by atoms with Crippen LogP contribution in [0.1, 0.15) is 17.5 Å². The summed E-state index contributed by atoms with van der Waals surface area (Å²) in [7, 11) is 0. The summed E-state index contributed by atoms with van der Waals surface area (Å²) >= 11 is 0. The fourth-order valence-corrected chi connectivity index (χ4v) is 2.08. The first-order valence-electron chi connectivity index (χ1n) is 6.87. The van der Waals surface area contributed by atoms with Gasteiger partial charge in [0.2, 0.25) is 11.8 Å². The molecule has 0 fully saturated rings. The van der Waals surface area contributed by atoms with Gasteiger partial charge in [-0.05, 0) is 49.2 Å². The molecular formula is C17H17FN2O2. The highest BCUT2D eigenvalue weighted by Crippen LogP contribution is 2.19. The second-order valence-corrected chi connectivity index (χ2v) is 5.05. The second kappa shape index (κ2) is 6.85. The Labute approximate surface area is 128 Å². The molecule has 2 N–H and O–H groups in total. The van der Waals surface area contributed by atoms with Crippen LogP contribution in [-0.4, -0.2) is 11.8 Å². The molecule has 0 bridgehead atoms. The van der Waals surface area contributed by atoms with Crippen molar-refractivity contribution in [2.24, 2.45) is 0 Å². The molecular weight excluding hydrogens is 283 g/mol. The number of aryl methyl sites for hydroxylation is 2. The lowest BCUT2D eigenvalue weighted by molar-refractivity contribution is -0.123. The molecule has 0 atom stereocenters. The van der Waals surface area contributed by atoms with Crippen LogP contribution in [0.3, 0.4) is 0 Å². The van der Waals surface area contributed by atoms with E-state index >= 15 is 0 Å². The fourth-order valence-electron chi connectivity index (χ4n) is 2.08. The molecule has 2 amide bonds. The predicted octanol–water partition coefficient (Wildman–Crippen LogP) is 3.41. The van der Waals surface area contributed by atoms with Crippen molar-refractivity contribution in [3.05, 3.63) is 59.4 Å². The van der Waals surface area contributed by atoms with Gasteiger partial charge in [0.05, 0.1) is 0 Å². The molecule has 0 aliphatic carbocycles. The lowest BCUT2D eigenvalue weighted by atomic mass is 10.1. The highest BCUT2D eigenvalue weighted by molar-refractivity contribution is 6.08. The normalized spacial score (nSPS) is 10.1. The van der Waals surface area contributed by atoms with Crippen molar-refractivity contribution in [3.8, 4) is 0 Å². The molecule has 2 rings (SSSR count). The molecule has 4 nitrogen and oxygen atoms in total. The average molecular weight is 300 g/mol. The number of carbonyl (C=O) groups is 2. The fraction of sp³-hybridized carbons (Fsp3) is 0.176. The highest BCUT2D eigenvalue weighted by Gasteiger charge is 2.12. The Kier molecular flexibility index (Phi) is 4.88. The third kappa shape index (κ3) is 4.15. The lowest BCUT2D eigenvalue weighted by Crippen LogP contribution is -2.22. The van der Waals surface area contributed by atoms with Gasteiger partial charge in [0.25, 0.3) is 0 Å². The van der Waals surface area contributed by atoms with E-state index in [-0.39, 0.29) is 12.2 Å². The first kappa shape index (κ1) is 15.7. The monoisotopic (exact) mass is 300 g/mol. The van der Waals surface area contributed by atoms with E-state index in [2.05, 4.69) is 10.6 Å². The number of hydrogen-bond acceptors (Lipinski definition) is 2. The maximum atomic E-state index is 12.8. The van der Waals surface area contributed by atoms with E-state index in [1.165, 1.54) is 24.3 Å². The highest BCUT2D eigenvalue weighted by atomic mass is 19.1. The van der Waals surface area contributed by atoms with Gasteiger partial charge in [-0.25, -0.2) is 4.39 Å². The molecule has 0 saturated carbocycles. The Morgan fingerprint density at radius 2 is 1.45 bits per heavy atom. The van der Waals surface area contributed by atoms with E-state index in [9.17, 15) is 14.0 Å². The van der Waals surface area contributed by atoms with Crippen molar-refractivity contribution in [1.82, 2.24) is 0 Å². The Morgan fingerprint density at radius 3 is 2.05 bits per heavy atom. The maximum Gasteiger partial charge on any atom is 0.233 e. The van der Waals surface area contributed by atoms with Crippen LogP contribution >= 0.6 is 0 Å². The van der Waals surface area contributed by atoms with Crippen LogP contribution < -0.4 is 10.6 Å². The molecule has 0 aliphatic rings. The van der Waals surface area contributed by atoms with Crippen molar-refractivity contribution < 1.29 is 14.0 Å². The average Bonchev–Trinajstić information content (AvgIpc) is 2.45. The quantitative estimate of drug-likeness (QED) is 0.850. The van der Waals surface area contributed by atoms with E-state index in [1.54, 1.807) is 0 Å². The Morgan fingerprint density at radius 1 is 0.909 bits per heavy atom. The number of amides is 2. The van der Waals surface area contributed by atoms with E-state index in [0.717, 1.165) is 16.8 Å². The van der Waals surface area contributed by atoms with Gasteiger partial charge in [-0.3, -0.25) is 9.59 Å². The van der Waals surface area contributed by atoms with Gasteiger partial charge in [-0.15, -0.1) is 0 Å². The van der Waals surface area contributed by atoms with Gasteiger partial charge in [0, 0.05) is 11.4 Å². The maximum absolute atomic E-state index is 12.8. The summed E-state index contributed by atoms with van der Waals surface area (Å²) in [6.07, 6.45) is -0.300. The molecule has 2 aromatic carbocycles. The summed E-state index contributed by atoms with van der Waals surface area (Å²) in [4.78, 5) is 23.7. The van der Waals surface area contributed by atoms with Crippen LogP contribution in [0.25, 0.3) is 0 Å². The number of hydrogen-bond donors (Lipinski definition) is 2. The van der Waals surface area contributed by atoms with Crippen molar-refractivity contribution in [1.29, 1.82) is 0 Å². The molecule has 0 saturated heterocycles. The summed E-state index contributed by atoms with van der Waals surface area (Å²) < 4.78 is 12.8. The Bertz CT molecular complexity index is 676. The number of halogens is 1. The standard InChI is InChI=1S/C17H17FN2O2/c1-11-4-3-5-12(2)17(11)20-16(22)10-15(21)19-14-8-6-13(18)7-9-14/h3-9H,10H2,1-2H3,(H,19,21)(H,20,22). The van der Waals surface area contributed by atoms with Crippen LogP contribution in [0.5, 0.6) is 0 Å². The van der Waals surface area contributed by atoms with Crippen LogP contribution in [0.15, 0.2) is 42.5 Å². The second-order valence-electron chi connectivity index (χ2n) is 5.05. The molecule has 0 heterocycles. The zero-order chi connectivity index (χ0) is 16.1. The van der Waals surface area contributed by atoms with Crippen molar-refractivity contribution in [3.63, 3.8) is 0 Å². The van der Waals surface area contributed by atoms with E-state index < -0.39 is 11.8 Å². The molecule has 5 heteroatoms. The van der Waals surface area contributed by atoms with E-state index in [4.69, 9.17) is 0 Å². The van der Waals surface area contributed by atoms with Crippen LogP contribution in [0, 0.1) is 19.7 Å². The number of benzene rings is 2. The third-order valence-corrected chi connectivity index (χ3v) is 3.19. The number of rotatable bonds is 4. The minimum atomic E-state index is -0.449. The number of anilines is 2. The van der Waals surface area contributed by atoms with Gasteiger partial charge >= 0.3 is 0 Å². The van der Waals surface area contributed by atoms with Gasteiger partial charge < -0.3 is 10.6 Å².